The molecule has 0 aromatic heterocycles. The molecule has 1 fully saturated rings. The molecule has 0 aliphatic heterocycles. The molecule has 0 radical (unpaired) electrons. The summed E-state index contributed by atoms with van der Waals surface area (Å²) in [5.41, 5.74) is 0. The van der Waals surface area contributed by atoms with Gasteiger partial charge in [0, 0.05) is 0 Å². The molecule has 1 unspecified atom stereocenters. The van der Waals surface area contributed by atoms with Gasteiger partial charge < -0.3 is 9.47 Å². The summed E-state index contributed by atoms with van der Waals surface area (Å²) in [6, 6.07) is 0. The van der Waals surface area contributed by atoms with Gasteiger partial charge in [-0.1, -0.05) is 25.5 Å². The Kier molecular flexibility index (Phi) is 4.66. The topological polar surface area (TPSA) is 35.5 Å². The van der Waals surface area contributed by atoms with Crippen molar-refractivity contribution < 1.29 is 14.3 Å². The second-order valence-corrected chi connectivity index (χ2v) is 4.28. The van der Waals surface area contributed by atoms with Gasteiger partial charge in [-0.05, 0) is 32.6 Å². The zero-order chi connectivity index (χ0) is 11.3. The summed E-state index contributed by atoms with van der Waals surface area (Å²) in [4.78, 5) is 11.3. The van der Waals surface area contributed by atoms with Crippen molar-refractivity contribution >= 4 is 6.16 Å². The van der Waals surface area contributed by atoms with Gasteiger partial charge in [-0.25, -0.2) is 4.79 Å². The fraction of sp³-hybridized carbons (Fsp3) is 0.750. The summed E-state index contributed by atoms with van der Waals surface area (Å²) in [6.07, 6.45) is 5.48. The normalized spacial score (nSPS) is 18.9. The van der Waals surface area contributed by atoms with Crippen LogP contribution in [0.15, 0.2) is 12.7 Å². The predicted octanol–water partition coefficient (Wildman–Crippen LogP) is 3.29. The lowest BCUT2D eigenvalue weighted by Crippen LogP contribution is -2.25. The van der Waals surface area contributed by atoms with E-state index >= 15 is 0 Å². The third kappa shape index (κ3) is 3.94. The Morgan fingerprint density at radius 3 is 2.40 bits per heavy atom. The molecule has 0 aromatic carbocycles. The van der Waals surface area contributed by atoms with E-state index in [1.165, 1.54) is 12.8 Å². The zero-order valence-corrected chi connectivity index (χ0v) is 9.57. The average Bonchev–Trinajstić information content (AvgIpc) is 2.65. The van der Waals surface area contributed by atoms with Gasteiger partial charge in [-0.2, -0.15) is 0 Å². The molecule has 86 valence electrons. The van der Waals surface area contributed by atoms with Gasteiger partial charge in [0.25, 0.3) is 0 Å². The summed E-state index contributed by atoms with van der Waals surface area (Å²) in [5.74, 6) is 0.433. The first-order valence-corrected chi connectivity index (χ1v) is 5.63. The van der Waals surface area contributed by atoms with Gasteiger partial charge in [0.05, 0.1) is 6.10 Å². The summed E-state index contributed by atoms with van der Waals surface area (Å²) >= 11 is 0. The maximum absolute atomic E-state index is 11.3. The van der Waals surface area contributed by atoms with Crippen molar-refractivity contribution in [2.24, 2.45) is 5.92 Å². The van der Waals surface area contributed by atoms with E-state index in [0.29, 0.717) is 5.92 Å². The lowest BCUT2D eigenvalue weighted by Gasteiger charge is -2.20. The molecule has 0 heterocycles. The van der Waals surface area contributed by atoms with Crippen LogP contribution in [-0.4, -0.2) is 18.4 Å². The Labute approximate surface area is 91.4 Å². The van der Waals surface area contributed by atoms with E-state index in [1.807, 2.05) is 0 Å². The summed E-state index contributed by atoms with van der Waals surface area (Å²) in [6.45, 7) is 7.32. The minimum atomic E-state index is -0.582. The molecule has 0 bridgehead atoms. The number of carbonyl (C=O) groups excluding carboxylic acids is 1. The van der Waals surface area contributed by atoms with E-state index < -0.39 is 6.16 Å². The molecule has 0 saturated heterocycles. The third-order valence-corrected chi connectivity index (χ3v) is 2.66. The third-order valence-electron chi connectivity index (χ3n) is 2.66. The van der Waals surface area contributed by atoms with Gasteiger partial charge in [0.2, 0.25) is 0 Å². The van der Waals surface area contributed by atoms with Crippen molar-refractivity contribution in [3.8, 4) is 0 Å². The van der Waals surface area contributed by atoms with Crippen molar-refractivity contribution in [3.63, 3.8) is 0 Å². The maximum Gasteiger partial charge on any atom is 0.509 e. The Hall–Kier alpha value is -0.990. The molecule has 3 nitrogen and oxygen atoms in total. The number of carbonyl (C=O) groups is 1. The molecular weight excluding hydrogens is 192 g/mol. The van der Waals surface area contributed by atoms with Crippen LogP contribution in [-0.2, 0) is 9.47 Å². The highest BCUT2D eigenvalue weighted by Gasteiger charge is 2.26. The van der Waals surface area contributed by atoms with Crippen LogP contribution in [0.2, 0.25) is 0 Å². The molecule has 15 heavy (non-hydrogen) atoms. The predicted molar refractivity (Wildman–Crippen MR) is 58.6 cm³/mol. The largest absolute Gasteiger partial charge is 0.509 e. The SMILES string of the molecule is C=CC(OC(=O)OC(C)C)C1CCCC1. The molecule has 0 amide bonds. The van der Waals surface area contributed by atoms with Crippen LogP contribution in [0.4, 0.5) is 4.79 Å². The van der Waals surface area contributed by atoms with Crippen LogP contribution in [0.5, 0.6) is 0 Å². The van der Waals surface area contributed by atoms with E-state index in [9.17, 15) is 4.79 Å². The first-order valence-electron chi connectivity index (χ1n) is 5.63. The van der Waals surface area contributed by atoms with Gasteiger partial charge in [-0.3, -0.25) is 0 Å². The average molecular weight is 212 g/mol. The Morgan fingerprint density at radius 2 is 1.93 bits per heavy atom. The van der Waals surface area contributed by atoms with E-state index in [1.54, 1.807) is 19.9 Å². The van der Waals surface area contributed by atoms with E-state index in [4.69, 9.17) is 9.47 Å². The number of hydrogen-bond acceptors (Lipinski definition) is 3. The second-order valence-electron chi connectivity index (χ2n) is 4.28. The fourth-order valence-electron chi connectivity index (χ4n) is 1.95. The lowest BCUT2D eigenvalue weighted by atomic mass is 10.0. The smallest absolute Gasteiger partial charge is 0.432 e. The number of hydrogen-bond donors (Lipinski definition) is 0. The number of ether oxygens (including phenoxy) is 2. The minimum absolute atomic E-state index is 0.133. The highest BCUT2D eigenvalue weighted by Crippen LogP contribution is 2.29. The molecule has 0 N–H and O–H groups in total. The summed E-state index contributed by atoms with van der Waals surface area (Å²) in [5, 5.41) is 0. The van der Waals surface area contributed by atoms with Crippen LogP contribution >= 0.6 is 0 Å². The van der Waals surface area contributed by atoms with Crippen LogP contribution in [0.25, 0.3) is 0 Å². The zero-order valence-electron chi connectivity index (χ0n) is 9.57. The molecule has 3 heteroatoms. The van der Waals surface area contributed by atoms with Gasteiger partial charge >= 0.3 is 6.16 Å². The van der Waals surface area contributed by atoms with Gasteiger partial charge in [0.1, 0.15) is 6.10 Å². The van der Waals surface area contributed by atoms with Crippen molar-refractivity contribution in [2.45, 2.75) is 51.7 Å². The standard InChI is InChI=1S/C12H20O3/c1-4-11(10-7-5-6-8-10)15-12(13)14-9(2)3/h4,9-11H,1,5-8H2,2-3H3. The Morgan fingerprint density at radius 1 is 1.33 bits per heavy atom. The summed E-state index contributed by atoms with van der Waals surface area (Å²) < 4.78 is 10.1. The summed E-state index contributed by atoms with van der Waals surface area (Å²) in [7, 11) is 0. The van der Waals surface area contributed by atoms with Crippen LogP contribution in [0.1, 0.15) is 39.5 Å². The molecule has 1 atom stereocenters. The fourth-order valence-corrected chi connectivity index (χ4v) is 1.95. The van der Waals surface area contributed by atoms with E-state index in [0.717, 1.165) is 12.8 Å². The lowest BCUT2D eigenvalue weighted by molar-refractivity contribution is 0.00506. The van der Waals surface area contributed by atoms with Crippen molar-refractivity contribution in [1.82, 2.24) is 0 Å². The highest BCUT2D eigenvalue weighted by molar-refractivity contribution is 5.60. The molecule has 0 spiro atoms. The quantitative estimate of drug-likeness (QED) is 0.530. The van der Waals surface area contributed by atoms with E-state index in [2.05, 4.69) is 6.58 Å². The monoisotopic (exact) mass is 212 g/mol. The van der Waals surface area contributed by atoms with E-state index in [-0.39, 0.29) is 12.2 Å². The number of rotatable bonds is 4. The molecule has 1 rings (SSSR count). The van der Waals surface area contributed by atoms with Crippen molar-refractivity contribution in [3.05, 3.63) is 12.7 Å². The molecule has 1 aliphatic rings. The Balaban J connectivity index is 2.38. The minimum Gasteiger partial charge on any atom is -0.432 e. The molecule has 0 aromatic rings. The highest BCUT2D eigenvalue weighted by atomic mass is 16.7. The van der Waals surface area contributed by atoms with Crippen molar-refractivity contribution in [2.75, 3.05) is 0 Å². The van der Waals surface area contributed by atoms with Gasteiger partial charge in [0.15, 0.2) is 0 Å². The van der Waals surface area contributed by atoms with Crippen LogP contribution in [0.3, 0.4) is 0 Å². The van der Waals surface area contributed by atoms with Crippen molar-refractivity contribution in [1.29, 1.82) is 0 Å². The van der Waals surface area contributed by atoms with Crippen LogP contribution in [0, 0.1) is 5.92 Å². The van der Waals surface area contributed by atoms with Gasteiger partial charge in [-0.15, -0.1) is 0 Å². The second kappa shape index (κ2) is 5.79. The first-order chi connectivity index (χ1) is 7.13. The molecule has 1 aliphatic carbocycles. The Bertz CT molecular complexity index is 217. The maximum atomic E-state index is 11.3. The first kappa shape index (κ1) is 12.1. The van der Waals surface area contributed by atoms with Crippen LogP contribution < -0.4 is 0 Å². The molecule has 1 saturated carbocycles. The molecular formula is C12H20O3.